The molecule has 1 spiro atoms. The zero-order valence-corrected chi connectivity index (χ0v) is 24.8. The summed E-state index contributed by atoms with van der Waals surface area (Å²) >= 11 is 0. The number of likely N-dealkylation sites (tertiary alicyclic amines) is 1. The van der Waals surface area contributed by atoms with Crippen molar-refractivity contribution in [1.82, 2.24) is 24.8 Å². The van der Waals surface area contributed by atoms with Crippen LogP contribution in [0.4, 0.5) is 5.69 Å². The molecule has 228 valence electrons. The summed E-state index contributed by atoms with van der Waals surface area (Å²) in [7, 11) is 0. The molecule has 0 radical (unpaired) electrons. The van der Waals surface area contributed by atoms with Crippen LogP contribution in [0.5, 0.6) is 0 Å². The number of para-hydroxylation sites is 2. The van der Waals surface area contributed by atoms with Gasteiger partial charge in [0.05, 0.1) is 36.1 Å². The molecular formula is C33H36N6O5. The number of anilines is 1. The third kappa shape index (κ3) is 4.21. The maximum Gasteiger partial charge on any atom is 0.250 e. The fourth-order valence-corrected chi connectivity index (χ4v) is 7.45. The molecule has 1 unspecified atom stereocenters. The first-order valence-electron chi connectivity index (χ1n) is 15.3. The summed E-state index contributed by atoms with van der Waals surface area (Å²) in [5, 5.41) is 19.2. The van der Waals surface area contributed by atoms with Gasteiger partial charge in [0.2, 0.25) is 11.8 Å². The van der Waals surface area contributed by atoms with Gasteiger partial charge >= 0.3 is 0 Å². The van der Waals surface area contributed by atoms with Gasteiger partial charge in [-0.25, -0.2) is 4.68 Å². The largest absolute Gasteiger partial charge is 0.394 e. The lowest BCUT2D eigenvalue weighted by Crippen LogP contribution is -2.59. The van der Waals surface area contributed by atoms with E-state index in [9.17, 15) is 19.5 Å². The average molecular weight is 597 g/mol. The van der Waals surface area contributed by atoms with Gasteiger partial charge in [0.1, 0.15) is 23.8 Å². The molecule has 4 aliphatic rings. The van der Waals surface area contributed by atoms with Crippen LogP contribution in [0.3, 0.4) is 0 Å². The number of hydrogen-bond donors (Lipinski definition) is 1. The van der Waals surface area contributed by atoms with Gasteiger partial charge in [0, 0.05) is 18.8 Å². The van der Waals surface area contributed by atoms with E-state index in [1.165, 1.54) is 4.90 Å². The maximum atomic E-state index is 14.7. The predicted molar refractivity (Wildman–Crippen MR) is 162 cm³/mol. The molecule has 2 aromatic carbocycles. The van der Waals surface area contributed by atoms with Crippen molar-refractivity contribution in [3.8, 4) is 0 Å². The van der Waals surface area contributed by atoms with E-state index in [0.717, 1.165) is 11.2 Å². The smallest absolute Gasteiger partial charge is 0.250 e. The van der Waals surface area contributed by atoms with Gasteiger partial charge in [-0.05, 0) is 30.2 Å². The fraction of sp³-hybridized carbons (Fsp3) is 0.424. The zero-order valence-electron chi connectivity index (χ0n) is 24.8. The highest BCUT2D eigenvalue weighted by molar-refractivity contribution is 6.04. The summed E-state index contributed by atoms with van der Waals surface area (Å²) in [6.45, 7) is 4.36. The van der Waals surface area contributed by atoms with Gasteiger partial charge in [-0.3, -0.25) is 14.4 Å². The minimum Gasteiger partial charge on any atom is -0.394 e. The van der Waals surface area contributed by atoms with Crippen LogP contribution in [0.2, 0.25) is 0 Å². The quantitative estimate of drug-likeness (QED) is 0.416. The van der Waals surface area contributed by atoms with Gasteiger partial charge in [0.15, 0.2) is 0 Å². The van der Waals surface area contributed by atoms with Gasteiger partial charge in [-0.2, -0.15) is 0 Å². The number of aliphatic hydroxyl groups excluding tert-OH is 1. The van der Waals surface area contributed by atoms with E-state index >= 15 is 0 Å². The van der Waals surface area contributed by atoms with E-state index in [-0.39, 0.29) is 43.5 Å². The van der Waals surface area contributed by atoms with Crippen molar-refractivity contribution in [2.45, 2.75) is 50.7 Å². The highest BCUT2D eigenvalue weighted by Gasteiger charge is 2.72. The Bertz CT molecular complexity index is 1650. The predicted octanol–water partition coefficient (Wildman–Crippen LogP) is 2.38. The van der Waals surface area contributed by atoms with Crippen molar-refractivity contribution < 1.29 is 24.2 Å². The molecule has 1 N–H and O–H groups in total. The lowest BCUT2D eigenvalue weighted by molar-refractivity contribution is -0.152. The molecule has 0 aliphatic carbocycles. The number of aliphatic hydroxyl groups is 1. The molecular weight excluding hydrogens is 560 g/mol. The van der Waals surface area contributed by atoms with Crippen LogP contribution < -0.4 is 4.90 Å². The van der Waals surface area contributed by atoms with E-state index in [0.29, 0.717) is 18.5 Å². The number of carbonyl (C=O) groups is 3. The molecule has 3 aromatic rings. The molecule has 1 aromatic heterocycles. The van der Waals surface area contributed by atoms with Crippen molar-refractivity contribution >= 4 is 34.4 Å². The molecule has 0 saturated carbocycles. The maximum absolute atomic E-state index is 14.7. The topological polar surface area (TPSA) is 121 Å². The second-order valence-electron chi connectivity index (χ2n) is 12.1. The third-order valence-electron chi connectivity index (χ3n) is 9.82. The molecule has 5 heterocycles. The molecule has 7 atom stereocenters. The minimum atomic E-state index is -1.39. The lowest BCUT2D eigenvalue weighted by Gasteiger charge is -2.40. The summed E-state index contributed by atoms with van der Waals surface area (Å²) in [4.78, 5) is 48.6. The Morgan fingerprint density at radius 3 is 2.55 bits per heavy atom. The minimum absolute atomic E-state index is 0.103. The van der Waals surface area contributed by atoms with Crippen LogP contribution in [0.1, 0.15) is 20.3 Å². The molecule has 44 heavy (non-hydrogen) atoms. The van der Waals surface area contributed by atoms with E-state index in [1.54, 1.807) is 14.5 Å². The molecule has 2 fully saturated rings. The number of carbonyl (C=O) groups excluding carboxylic acids is 3. The molecule has 4 aliphatic heterocycles. The van der Waals surface area contributed by atoms with Crippen molar-refractivity contribution in [3.05, 3.63) is 78.9 Å². The van der Waals surface area contributed by atoms with Crippen LogP contribution in [-0.2, 0) is 25.8 Å². The standard InChI is InChI=1S/C33H36N6O5/c1-3-21(2)25(19-40)39-29-32(43)36(20-38-24-14-8-7-13-23(24)34-35-38)17-10-16-33(29)28(31(39)42)27-26(44-33)15-9-18-37(30(27)41)22-11-5-4-6-12-22/h4-16,21,25-29,40H,3,17-20H2,1-2H3/t21-,25-,26+,27-,28-,29?,33-/m0/s1. The second kappa shape index (κ2) is 11.0. The van der Waals surface area contributed by atoms with Gasteiger partial charge in [-0.1, -0.05) is 80.1 Å². The van der Waals surface area contributed by atoms with E-state index in [1.807, 2.05) is 92.7 Å². The number of benzene rings is 2. The van der Waals surface area contributed by atoms with Gasteiger partial charge in [0.25, 0.3) is 5.91 Å². The molecule has 11 heteroatoms. The molecule has 0 bridgehead atoms. The molecule has 2 saturated heterocycles. The summed E-state index contributed by atoms with van der Waals surface area (Å²) in [6.07, 6.45) is 7.43. The Morgan fingerprint density at radius 1 is 1.00 bits per heavy atom. The van der Waals surface area contributed by atoms with Crippen molar-refractivity contribution in [2.24, 2.45) is 17.8 Å². The number of aromatic nitrogens is 3. The Morgan fingerprint density at radius 2 is 1.77 bits per heavy atom. The van der Waals surface area contributed by atoms with E-state index in [4.69, 9.17) is 4.74 Å². The number of rotatable bonds is 7. The van der Waals surface area contributed by atoms with E-state index < -0.39 is 35.6 Å². The van der Waals surface area contributed by atoms with Crippen LogP contribution in [-0.4, -0.2) is 91.1 Å². The van der Waals surface area contributed by atoms with E-state index in [2.05, 4.69) is 10.3 Å². The average Bonchev–Trinajstić information content (AvgIpc) is 3.60. The Balaban J connectivity index is 1.32. The van der Waals surface area contributed by atoms with Gasteiger partial charge < -0.3 is 24.5 Å². The van der Waals surface area contributed by atoms with Crippen LogP contribution >= 0.6 is 0 Å². The summed E-state index contributed by atoms with van der Waals surface area (Å²) in [6, 6.07) is 15.2. The number of nitrogens with zero attached hydrogens (tertiary/aromatic N) is 6. The van der Waals surface area contributed by atoms with Gasteiger partial charge in [-0.15, -0.1) is 5.10 Å². The van der Waals surface area contributed by atoms with Crippen molar-refractivity contribution in [1.29, 1.82) is 0 Å². The normalized spacial score (nSPS) is 29.4. The van der Waals surface area contributed by atoms with Crippen LogP contribution in [0.25, 0.3) is 11.0 Å². The van der Waals surface area contributed by atoms with Crippen LogP contribution in [0.15, 0.2) is 78.9 Å². The summed E-state index contributed by atoms with van der Waals surface area (Å²) in [5.74, 6) is -2.77. The first-order valence-corrected chi connectivity index (χ1v) is 15.3. The number of fused-ring (bicyclic) bond motifs is 3. The highest BCUT2D eigenvalue weighted by atomic mass is 16.5. The number of amides is 3. The highest BCUT2D eigenvalue weighted by Crippen LogP contribution is 2.54. The summed E-state index contributed by atoms with van der Waals surface area (Å²) in [5.41, 5.74) is 0.839. The summed E-state index contributed by atoms with van der Waals surface area (Å²) < 4.78 is 8.45. The Kier molecular flexibility index (Phi) is 7.09. The fourth-order valence-electron chi connectivity index (χ4n) is 7.45. The number of hydrogen-bond acceptors (Lipinski definition) is 7. The SMILES string of the molecule is CC[C@H](C)[C@H](CO)N1C(=O)[C@@H]2[C@H]3C(=O)N(c4ccccc4)CC=C[C@H]3O[C@@]23C=CCN(Cn2nnc4ccccc42)C(=O)C13. The molecule has 11 nitrogen and oxygen atoms in total. The lowest BCUT2D eigenvalue weighted by atomic mass is 9.77. The molecule has 7 rings (SSSR count). The first kappa shape index (κ1) is 28.4. The Labute approximate surface area is 255 Å². The monoisotopic (exact) mass is 596 g/mol. The molecule has 3 amide bonds. The Hall–Kier alpha value is -4.35. The van der Waals surface area contributed by atoms with Crippen molar-refractivity contribution in [2.75, 3.05) is 24.6 Å². The van der Waals surface area contributed by atoms with Crippen LogP contribution in [0, 0.1) is 17.8 Å². The second-order valence-corrected chi connectivity index (χ2v) is 12.1. The zero-order chi connectivity index (χ0) is 30.6. The number of ether oxygens (including phenoxy) is 1. The first-order chi connectivity index (χ1) is 21.4. The third-order valence-corrected chi connectivity index (χ3v) is 9.82. The van der Waals surface area contributed by atoms with Crippen molar-refractivity contribution in [3.63, 3.8) is 0 Å².